The van der Waals surface area contributed by atoms with Crippen molar-refractivity contribution in [2.24, 2.45) is 0 Å². The molecule has 61 heavy (non-hydrogen) atoms. The smallest absolute Gasteiger partial charge is 0.164 e. The van der Waals surface area contributed by atoms with Crippen LogP contribution in [0, 0.1) is 0 Å². The van der Waals surface area contributed by atoms with Gasteiger partial charge in [0, 0.05) is 54.4 Å². The molecule has 0 radical (unpaired) electrons. The summed E-state index contributed by atoms with van der Waals surface area (Å²) >= 11 is 0. The van der Waals surface area contributed by atoms with Gasteiger partial charge >= 0.3 is 0 Å². The average molecular weight is 778 g/mol. The molecule has 0 fully saturated rings. The van der Waals surface area contributed by atoms with Crippen LogP contribution in [0.15, 0.2) is 192 Å². The SMILES string of the molecule is c1ccc(-c2nc(-c3ccccc3)nc(-c3cc(-n4c5cc6ccccc6cc5c5cc6c7cccc8c9ccccc9n(c6cc54)c87)c4c(c3)oc3ccccc34)n2)cc1. The molecule has 14 aromatic rings. The van der Waals surface area contributed by atoms with Crippen LogP contribution in [0.5, 0.6) is 0 Å². The van der Waals surface area contributed by atoms with E-state index in [1.165, 1.54) is 59.6 Å². The minimum absolute atomic E-state index is 0.570. The predicted molar refractivity (Wildman–Crippen MR) is 250 cm³/mol. The summed E-state index contributed by atoms with van der Waals surface area (Å²) in [5.41, 5.74) is 11.1. The maximum Gasteiger partial charge on any atom is 0.164 e. The highest BCUT2D eigenvalue weighted by Gasteiger charge is 2.24. The summed E-state index contributed by atoms with van der Waals surface area (Å²) in [6, 6.07) is 66.6. The van der Waals surface area contributed by atoms with Crippen molar-refractivity contribution >= 4 is 92.6 Å². The van der Waals surface area contributed by atoms with E-state index in [2.05, 4.69) is 130 Å². The van der Waals surface area contributed by atoms with Gasteiger partial charge in [0.05, 0.1) is 38.7 Å². The highest BCUT2D eigenvalue weighted by molar-refractivity contribution is 6.27. The Morgan fingerprint density at radius 3 is 1.66 bits per heavy atom. The molecule has 0 spiro atoms. The number of rotatable bonds is 4. The molecule has 0 bridgehead atoms. The van der Waals surface area contributed by atoms with E-state index in [-0.39, 0.29) is 0 Å². The summed E-state index contributed by atoms with van der Waals surface area (Å²) in [6.07, 6.45) is 0. The van der Waals surface area contributed by atoms with Gasteiger partial charge in [0.2, 0.25) is 0 Å². The molecule has 0 unspecified atom stereocenters. The number of fused-ring (bicyclic) bond motifs is 13. The van der Waals surface area contributed by atoms with E-state index in [9.17, 15) is 0 Å². The third-order valence-corrected chi connectivity index (χ3v) is 12.6. The van der Waals surface area contributed by atoms with Crippen LogP contribution in [-0.4, -0.2) is 23.9 Å². The van der Waals surface area contributed by atoms with Crippen LogP contribution in [0.2, 0.25) is 0 Å². The maximum atomic E-state index is 6.78. The van der Waals surface area contributed by atoms with Crippen molar-refractivity contribution in [3.63, 3.8) is 0 Å². The van der Waals surface area contributed by atoms with Crippen LogP contribution in [-0.2, 0) is 0 Å². The molecular formula is C55H31N5O. The second kappa shape index (κ2) is 12.1. The Morgan fingerprint density at radius 2 is 0.902 bits per heavy atom. The van der Waals surface area contributed by atoms with Gasteiger partial charge in [-0.1, -0.05) is 140 Å². The molecule has 14 rings (SSSR count). The molecule has 0 N–H and O–H groups in total. The van der Waals surface area contributed by atoms with Gasteiger partial charge < -0.3 is 13.4 Å². The lowest BCUT2D eigenvalue weighted by atomic mass is 10.0. The summed E-state index contributed by atoms with van der Waals surface area (Å²) in [4.78, 5) is 15.4. The second-order valence-corrected chi connectivity index (χ2v) is 16.0. The van der Waals surface area contributed by atoms with Gasteiger partial charge in [0.1, 0.15) is 11.2 Å². The number of hydrogen-bond acceptors (Lipinski definition) is 4. The molecule has 0 atom stereocenters. The molecule has 0 aliphatic rings. The molecular weight excluding hydrogens is 747 g/mol. The van der Waals surface area contributed by atoms with Crippen LogP contribution < -0.4 is 0 Å². The van der Waals surface area contributed by atoms with Crippen molar-refractivity contribution in [1.82, 2.24) is 23.9 Å². The second-order valence-electron chi connectivity index (χ2n) is 16.0. The third-order valence-electron chi connectivity index (χ3n) is 12.6. The first-order valence-electron chi connectivity index (χ1n) is 20.6. The molecule has 0 aliphatic heterocycles. The van der Waals surface area contributed by atoms with Gasteiger partial charge in [-0.05, 0) is 59.3 Å². The fourth-order valence-electron chi connectivity index (χ4n) is 9.96. The van der Waals surface area contributed by atoms with Gasteiger partial charge in [-0.2, -0.15) is 0 Å². The van der Waals surface area contributed by atoms with Crippen molar-refractivity contribution in [3.8, 4) is 39.9 Å². The van der Waals surface area contributed by atoms with Crippen LogP contribution in [0.1, 0.15) is 0 Å². The molecule has 0 aliphatic carbocycles. The van der Waals surface area contributed by atoms with E-state index in [4.69, 9.17) is 19.4 Å². The number of nitrogens with zero attached hydrogens (tertiary/aromatic N) is 5. The number of aromatic nitrogens is 5. The first kappa shape index (κ1) is 32.6. The lowest BCUT2D eigenvalue weighted by Crippen LogP contribution is -2.01. The summed E-state index contributed by atoms with van der Waals surface area (Å²) in [5, 5.41) is 11.9. The van der Waals surface area contributed by atoms with Crippen molar-refractivity contribution in [2.75, 3.05) is 0 Å². The van der Waals surface area contributed by atoms with Gasteiger partial charge in [0.25, 0.3) is 0 Å². The van der Waals surface area contributed by atoms with E-state index in [0.29, 0.717) is 17.5 Å². The molecule has 0 saturated carbocycles. The van der Waals surface area contributed by atoms with E-state index in [1.54, 1.807) is 0 Å². The van der Waals surface area contributed by atoms with Crippen LogP contribution in [0.3, 0.4) is 0 Å². The Bertz CT molecular complexity index is 4050. The lowest BCUT2D eigenvalue weighted by molar-refractivity contribution is 0.669. The van der Waals surface area contributed by atoms with Gasteiger partial charge in [-0.3, -0.25) is 0 Å². The molecule has 5 heterocycles. The molecule has 5 aromatic heterocycles. The van der Waals surface area contributed by atoms with Gasteiger partial charge in [-0.25, -0.2) is 15.0 Å². The normalized spacial score (nSPS) is 12.3. The highest BCUT2D eigenvalue weighted by atomic mass is 16.3. The topological polar surface area (TPSA) is 61.2 Å². The molecule has 0 amide bonds. The fraction of sp³-hybridized carbons (Fsp3) is 0. The summed E-state index contributed by atoms with van der Waals surface area (Å²) < 4.78 is 11.7. The summed E-state index contributed by atoms with van der Waals surface area (Å²) in [7, 11) is 0. The molecule has 6 nitrogen and oxygen atoms in total. The zero-order chi connectivity index (χ0) is 39.8. The minimum Gasteiger partial charge on any atom is -0.456 e. The Labute approximate surface area is 347 Å². The van der Waals surface area contributed by atoms with Crippen molar-refractivity contribution < 1.29 is 4.42 Å². The van der Waals surface area contributed by atoms with Crippen molar-refractivity contribution in [3.05, 3.63) is 188 Å². The van der Waals surface area contributed by atoms with E-state index >= 15 is 0 Å². The lowest BCUT2D eigenvalue weighted by Gasteiger charge is -2.13. The number of para-hydroxylation sites is 3. The van der Waals surface area contributed by atoms with E-state index in [0.717, 1.165) is 55.3 Å². The minimum atomic E-state index is 0.570. The van der Waals surface area contributed by atoms with Gasteiger partial charge in [0.15, 0.2) is 17.5 Å². The summed E-state index contributed by atoms with van der Waals surface area (Å²) in [6.45, 7) is 0. The Kier molecular flexibility index (Phi) is 6.46. The third kappa shape index (κ3) is 4.58. The quantitative estimate of drug-likeness (QED) is 0.179. The first-order valence-corrected chi connectivity index (χ1v) is 20.6. The Balaban J connectivity index is 1.14. The number of benzene rings is 9. The Morgan fingerprint density at radius 1 is 0.344 bits per heavy atom. The van der Waals surface area contributed by atoms with Crippen LogP contribution in [0.25, 0.3) is 132 Å². The summed E-state index contributed by atoms with van der Waals surface area (Å²) in [5.74, 6) is 1.79. The van der Waals surface area contributed by atoms with Crippen molar-refractivity contribution in [2.45, 2.75) is 0 Å². The molecule has 6 heteroatoms. The van der Waals surface area contributed by atoms with Crippen LogP contribution >= 0.6 is 0 Å². The first-order chi connectivity index (χ1) is 30.2. The van der Waals surface area contributed by atoms with Crippen molar-refractivity contribution in [1.29, 1.82) is 0 Å². The zero-order valence-corrected chi connectivity index (χ0v) is 32.5. The zero-order valence-electron chi connectivity index (χ0n) is 32.5. The molecule has 9 aromatic carbocycles. The highest BCUT2D eigenvalue weighted by Crippen LogP contribution is 2.45. The average Bonchev–Trinajstić information content (AvgIpc) is 4.06. The standard InChI is InChI=1S/C55H31N5O/c1-3-14-32(15-4-1)53-56-54(33-16-5-2-6-17-33)58-55(57-53)36-28-48(51-40-21-10-12-25-49(40)61-50(51)29-36)59-45-27-35-19-8-7-18-34(35)26-41(45)43-30-42-39-23-13-22-38-37-20-9-11-24-44(37)60(52(38)39)47(42)31-46(43)59/h1-31H. The molecule has 282 valence electrons. The fourth-order valence-corrected chi connectivity index (χ4v) is 9.96. The Hall–Kier alpha value is -8.35. The van der Waals surface area contributed by atoms with Crippen LogP contribution in [0.4, 0.5) is 0 Å². The molecule has 0 saturated heterocycles. The van der Waals surface area contributed by atoms with E-state index < -0.39 is 0 Å². The maximum absolute atomic E-state index is 6.78. The van der Waals surface area contributed by atoms with E-state index in [1.807, 2.05) is 66.7 Å². The number of furan rings is 1. The predicted octanol–water partition coefficient (Wildman–Crippen LogP) is 14.2. The number of hydrogen-bond donors (Lipinski definition) is 0. The monoisotopic (exact) mass is 777 g/mol. The largest absolute Gasteiger partial charge is 0.456 e. The van der Waals surface area contributed by atoms with Gasteiger partial charge in [-0.15, -0.1) is 0 Å².